The highest BCUT2D eigenvalue weighted by atomic mass is 79.9. The second-order valence-electron chi connectivity index (χ2n) is 5.38. The zero-order chi connectivity index (χ0) is 16.2. The topological polar surface area (TPSA) is 93.4 Å². The third kappa shape index (κ3) is 4.76. The molecule has 0 fully saturated rings. The number of nitriles is 1. The molecule has 112 valence electrons. The Kier molecular flexibility index (Phi) is 5.33. The van der Waals surface area contributed by atoms with Crippen molar-refractivity contribution in [2.75, 3.05) is 11.9 Å². The molecule has 0 radical (unpaired) electrons. The minimum Gasteiger partial charge on any atom is -0.480 e. The lowest BCUT2D eigenvalue weighted by Gasteiger charge is -2.34. The third-order valence-corrected chi connectivity index (χ3v) is 3.19. The largest absolute Gasteiger partial charge is 0.480 e. The summed E-state index contributed by atoms with van der Waals surface area (Å²) in [5, 5.41) is 20.6. The Morgan fingerprint density at radius 2 is 2.05 bits per heavy atom. The molecule has 0 saturated carbocycles. The summed E-state index contributed by atoms with van der Waals surface area (Å²) in [6.07, 6.45) is 0. The van der Waals surface area contributed by atoms with E-state index in [1.54, 1.807) is 39.0 Å². The molecule has 0 aliphatic carbocycles. The number of hydrogen-bond acceptors (Lipinski definition) is 3. The summed E-state index contributed by atoms with van der Waals surface area (Å²) in [5.74, 6) is -1.10. The first-order valence-corrected chi connectivity index (χ1v) is 6.94. The van der Waals surface area contributed by atoms with Gasteiger partial charge in [0.2, 0.25) is 0 Å². The lowest BCUT2D eigenvalue weighted by molar-refractivity contribution is -0.138. The highest BCUT2D eigenvalue weighted by molar-refractivity contribution is 9.10. The molecule has 0 spiro atoms. The van der Waals surface area contributed by atoms with E-state index in [-0.39, 0.29) is 0 Å². The van der Waals surface area contributed by atoms with Gasteiger partial charge in [-0.2, -0.15) is 5.26 Å². The molecule has 1 rings (SSSR count). The van der Waals surface area contributed by atoms with Gasteiger partial charge in [0.1, 0.15) is 12.6 Å². The third-order valence-electron chi connectivity index (χ3n) is 2.69. The van der Waals surface area contributed by atoms with Crippen LogP contribution in [0.3, 0.4) is 0 Å². The van der Waals surface area contributed by atoms with Crippen molar-refractivity contribution < 1.29 is 14.7 Å². The maximum absolute atomic E-state index is 12.3. The van der Waals surface area contributed by atoms with Crippen LogP contribution in [-0.4, -0.2) is 34.1 Å². The minimum atomic E-state index is -1.10. The number of urea groups is 1. The van der Waals surface area contributed by atoms with Crippen LogP contribution in [-0.2, 0) is 4.79 Å². The number of aliphatic carboxylic acids is 1. The van der Waals surface area contributed by atoms with Crippen LogP contribution >= 0.6 is 15.9 Å². The molecule has 21 heavy (non-hydrogen) atoms. The number of amides is 2. The molecule has 0 aliphatic rings. The van der Waals surface area contributed by atoms with Crippen LogP contribution in [0.15, 0.2) is 22.7 Å². The van der Waals surface area contributed by atoms with Crippen LogP contribution in [0, 0.1) is 11.3 Å². The van der Waals surface area contributed by atoms with E-state index in [2.05, 4.69) is 21.2 Å². The number of rotatable bonds is 3. The minimum absolute atomic E-state index is 0.293. The van der Waals surface area contributed by atoms with Gasteiger partial charge < -0.3 is 15.3 Å². The van der Waals surface area contributed by atoms with Crippen LogP contribution in [0.4, 0.5) is 10.5 Å². The first kappa shape index (κ1) is 17.0. The first-order chi connectivity index (χ1) is 9.65. The number of carbonyl (C=O) groups excluding carboxylic acids is 1. The van der Waals surface area contributed by atoms with E-state index >= 15 is 0 Å². The Balaban J connectivity index is 3.03. The SMILES string of the molecule is CC(C)(C)N(CC(=O)O)C(=O)Nc1ccc(Br)cc1C#N. The summed E-state index contributed by atoms with van der Waals surface area (Å²) in [5.41, 5.74) is -0.0303. The van der Waals surface area contributed by atoms with Crippen molar-refractivity contribution in [2.24, 2.45) is 0 Å². The standard InChI is InChI=1S/C14H16BrN3O3/c1-14(2,3)18(8-12(19)20)13(21)17-11-5-4-10(15)6-9(11)7-16/h4-6H,8H2,1-3H3,(H,17,21)(H,19,20). The Hall–Kier alpha value is -2.07. The van der Waals surface area contributed by atoms with E-state index in [0.717, 1.165) is 4.47 Å². The van der Waals surface area contributed by atoms with Crippen LogP contribution in [0.2, 0.25) is 0 Å². The zero-order valence-corrected chi connectivity index (χ0v) is 13.6. The van der Waals surface area contributed by atoms with Crippen LogP contribution in [0.5, 0.6) is 0 Å². The summed E-state index contributed by atoms with van der Waals surface area (Å²) in [7, 11) is 0. The maximum atomic E-state index is 12.3. The summed E-state index contributed by atoms with van der Waals surface area (Å²) in [4.78, 5) is 24.4. The summed E-state index contributed by atoms with van der Waals surface area (Å²) in [6.45, 7) is 4.79. The fourth-order valence-corrected chi connectivity index (χ4v) is 2.01. The average molecular weight is 354 g/mol. The van der Waals surface area contributed by atoms with E-state index < -0.39 is 24.1 Å². The number of anilines is 1. The van der Waals surface area contributed by atoms with Crippen LogP contribution < -0.4 is 5.32 Å². The van der Waals surface area contributed by atoms with Crippen LogP contribution in [0.1, 0.15) is 26.3 Å². The summed E-state index contributed by atoms with van der Waals surface area (Å²) in [6, 6.07) is 6.27. The molecule has 7 heteroatoms. The lowest BCUT2D eigenvalue weighted by Crippen LogP contribution is -2.50. The maximum Gasteiger partial charge on any atom is 0.323 e. The predicted molar refractivity (Wildman–Crippen MR) is 82.0 cm³/mol. The Bertz CT molecular complexity index is 602. The van der Waals surface area contributed by atoms with Gasteiger partial charge in [0.15, 0.2) is 0 Å². The molecule has 0 aliphatic heterocycles. The summed E-state index contributed by atoms with van der Waals surface area (Å²) < 4.78 is 0.718. The zero-order valence-electron chi connectivity index (χ0n) is 12.0. The van der Waals surface area contributed by atoms with E-state index in [1.807, 2.05) is 6.07 Å². The van der Waals surface area contributed by atoms with Crippen molar-refractivity contribution in [3.05, 3.63) is 28.2 Å². The van der Waals surface area contributed by atoms with Crippen molar-refractivity contribution in [1.82, 2.24) is 4.90 Å². The molecule has 2 N–H and O–H groups in total. The van der Waals surface area contributed by atoms with Gasteiger partial charge in [0.25, 0.3) is 0 Å². The number of nitrogens with one attached hydrogen (secondary N) is 1. The fraction of sp³-hybridized carbons (Fsp3) is 0.357. The van der Waals surface area contributed by atoms with Gasteiger partial charge in [-0.05, 0) is 39.0 Å². The number of carboxylic acid groups (broad SMARTS) is 1. The van der Waals surface area contributed by atoms with Crippen LogP contribution in [0.25, 0.3) is 0 Å². The van der Waals surface area contributed by atoms with Gasteiger partial charge in [0.05, 0.1) is 11.3 Å². The van der Waals surface area contributed by atoms with E-state index in [4.69, 9.17) is 10.4 Å². The Morgan fingerprint density at radius 1 is 1.43 bits per heavy atom. The van der Waals surface area contributed by atoms with E-state index in [0.29, 0.717) is 11.3 Å². The van der Waals surface area contributed by atoms with Gasteiger partial charge in [-0.3, -0.25) is 4.79 Å². The van der Waals surface area contributed by atoms with Crippen molar-refractivity contribution in [2.45, 2.75) is 26.3 Å². The van der Waals surface area contributed by atoms with Crippen molar-refractivity contribution in [3.8, 4) is 6.07 Å². The number of benzene rings is 1. The summed E-state index contributed by atoms with van der Waals surface area (Å²) >= 11 is 3.24. The van der Waals surface area contributed by atoms with Crippen molar-refractivity contribution in [1.29, 1.82) is 5.26 Å². The van der Waals surface area contributed by atoms with Gasteiger partial charge in [-0.1, -0.05) is 15.9 Å². The van der Waals surface area contributed by atoms with E-state index in [1.165, 1.54) is 4.90 Å². The smallest absolute Gasteiger partial charge is 0.323 e. The molecular weight excluding hydrogens is 338 g/mol. The molecule has 0 atom stereocenters. The second-order valence-corrected chi connectivity index (χ2v) is 6.30. The predicted octanol–water partition coefficient (Wildman–Crippen LogP) is 3.04. The fourth-order valence-electron chi connectivity index (χ4n) is 1.65. The van der Waals surface area contributed by atoms with Gasteiger partial charge in [0, 0.05) is 10.0 Å². The van der Waals surface area contributed by atoms with E-state index in [9.17, 15) is 9.59 Å². The van der Waals surface area contributed by atoms with Crippen molar-refractivity contribution >= 4 is 33.6 Å². The molecule has 1 aromatic rings. The molecule has 0 saturated heterocycles. The van der Waals surface area contributed by atoms with Gasteiger partial charge >= 0.3 is 12.0 Å². The number of carbonyl (C=O) groups is 2. The molecule has 1 aromatic carbocycles. The molecule has 0 unspecified atom stereocenters. The molecule has 2 amide bonds. The normalized spacial score (nSPS) is 10.6. The number of halogens is 1. The molecular formula is C14H16BrN3O3. The quantitative estimate of drug-likeness (QED) is 0.873. The number of carboxylic acids is 1. The van der Waals surface area contributed by atoms with Gasteiger partial charge in [-0.25, -0.2) is 4.79 Å². The first-order valence-electron chi connectivity index (χ1n) is 6.15. The highest BCUT2D eigenvalue weighted by Crippen LogP contribution is 2.22. The average Bonchev–Trinajstić information content (AvgIpc) is 2.36. The Labute approximate surface area is 131 Å². The number of nitrogens with zero attached hydrogens (tertiary/aromatic N) is 2. The van der Waals surface area contributed by atoms with Gasteiger partial charge in [-0.15, -0.1) is 0 Å². The number of hydrogen-bond donors (Lipinski definition) is 2. The second kappa shape index (κ2) is 6.59. The monoisotopic (exact) mass is 353 g/mol. The highest BCUT2D eigenvalue weighted by Gasteiger charge is 2.28. The Morgan fingerprint density at radius 3 is 2.52 bits per heavy atom. The lowest BCUT2D eigenvalue weighted by atomic mass is 10.1. The molecule has 0 aromatic heterocycles. The van der Waals surface area contributed by atoms with Crippen molar-refractivity contribution in [3.63, 3.8) is 0 Å². The molecule has 6 nitrogen and oxygen atoms in total. The molecule has 0 heterocycles. The molecule has 0 bridgehead atoms.